The number of nitrogens with one attached hydrogen (secondary N) is 1. The van der Waals surface area contributed by atoms with Gasteiger partial charge in [-0.2, -0.15) is 0 Å². The maximum Gasteiger partial charge on any atom is 0.260 e. The molecule has 4 aromatic rings. The van der Waals surface area contributed by atoms with Gasteiger partial charge in [0.25, 0.3) is 5.56 Å². The lowest BCUT2D eigenvalue weighted by Crippen LogP contribution is -2.10. The van der Waals surface area contributed by atoms with Crippen LogP contribution in [0.15, 0.2) is 58.7 Å². The van der Waals surface area contributed by atoms with Crippen LogP contribution in [0.1, 0.15) is 11.4 Å². The molecule has 2 aromatic heterocycles. The highest BCUT2D eigenvalue weighted by Gasteiger charge is 2.14. The molecule has 0 amide bonds. The van der Waals surface area contributed by atoms with E-state index in [2.05, 4.69) is 9.97 Å². The lowest BCUT2D eigenvalue weighted by molar-refractivity contribution is 0.355. The number of benzene rings is 2. The molecule has 0 atom stereocenters. The molecule has 29 heavy (non-hydrogen) atoms. The summed E-state index contributed by atoms with van der Waals surface area (Å²) in [6.45, 7) is 0. The van der Waals surface area contributed by atoms with Gasteiger partial charge in [0, 0.05) is 10.9 Å². The maximum atomic E-state index is 12.8. The molecule has 5 nitrogen and oxygen atoms in total. The fraction of sp³-hybridized carbons (Fsp3) is 0.0909. The van der Waals surface area contributed by atoms with E-state index in [-0.39, 0.29) is 5.56 Å². The molecule has 0 aliphatic heterocycles. The van der Waals surface area contributed by atoms with Gasteiger partial charge in [0.1, 0.15) is 4.83 Å². The Kier molecular flexibility index (Phi) is 5.38. The van der Waals surface area contributed by atoms with E-state index in [9.17, 15) is 4.79 Å². The first-order valence-electron chi connectivity index (χ1n) is 8.77. The van der Waals surface area contributed by atoms with Gasteiger partial charge in [-0.1, -0.05) is 48.0 Å². The Hall–Kier alpha value is -3.09. The Balaban J connectivity index is 1.75. The average molecular weight is 425 g/mol. The molecule has 0 bridgehead atoms. The average Bonchev–Trinajstić information content (AvgIpc) is 3.19. The van der Waals surface area contributed by atoms with Crippen LogP contribution in [0.3, 0.4) is 0 Å². The van der Waals surface area contributed by atoms with Gasteiger partial charge in [-0.15, -0.1) is 11.3 Å². The van der Waals surface area contributed by atoms with E-state index < -0.39 is 0 Å². The van der Waals surface area contributed by atoms with Crippen LogP contribution in [-0.2, 0) is 0 Å². The van der Waals surface area contributed by atoms with E-state index in [1.54, 1.807) is 32.4 Å². The number of fused-ring (bicyclic) bond motifs is 1. The van der Waals surface area contributed by atoms with E-state index in [4.69, 9.17) is 21.1 Å². The third-order valence-corrected chi connectivity index (χ3v) is 5.62. The minimum Gasteiger partial charge on any atom is -0.493 e. The minimum atomic E-state index is -0.219. The first-order valence-corrected chi connectivity index (χ1v) is 10.0. The van der Waals surface area contributed by atoms with Crippen molar-refractivity contribution in [2.24, 2.45) is 0 Å². The lowest BCUT2D eigenvalue weighted by atomic mass is 10.1. The second-order valence-corrected chi connectivity index (χ2v) is 7.48. The quantitative estimate of drug-likeness (QED) is 0.465. The summed E-state index contributed by atoms with van der Waals surface area (Å²) in [4.78, 5) is 20.8. The monoisotopic (exact) mass is 424 g/mol. The number of nitrogens with zero attached hydrogens (tertiary/aromatic N) is 1. The molecule has 146 valence electrons. The van der Waals surface area contributed by atoms with Gasteiger partial charge in [-0.25, -0.2) is 4.98 Å². The normalized spacial score (nSPS) is 11.6. The third-order valence-electron chi connectivity index (χ3n) is 4.46. The van der Waals surface area contributed by atoms with Crippen molar-refractivity contribution < 1.29 is 9.47 Å². The molecule has 0 fully saturated rings. The highest BCUT2D eigenvalue weighted by molar-refractivity contribution is 7.17. The van der Waals surface area contributed by atoms with Crippen molar-refractivity contribution in [1.29, 1.82) is 0 Å². The molecule has 0 spiro atoms. The third kappa shape index (κ3) is 3.77. The Morgan fingerprint density at radius 1 is 1.10 bits per heavy atom. The molecule has 1 N–H and O–H groups in total. The van der Waals surface area contributed by atoms with Crippen molar-refractivity contribution in [3.8, 4) is 22.6 Å². The fourth-order valence-electron chi connectivity index (χ4n) is 3.05. The predicted molar refractivity (Wildman–Crippen MR) is 119 cm³/mol. The molecule has 0 aliphatic carbocycles. The number of hydrogen-bond acceptors (Lipinski definition) is 5. The van der Waals surface area contributed by atoms with Gasteiger partial charge >= 0.3 is 0 Å². The summed E-state index contributed by atoms with van der Waals surface area (Å²) in [6.07, 6.45) is 1.72. The summed E-state index contributed by atoms with van der Waals surface area (Å²) >= 11 is 7.89. The molecule has 4 rings (SSSR count). The van der Waals surface area contributed by atoms with E-state index >= 15 is 0 Å². The Labute approximate surface area is 176 Å². The number of thiophene rings is 1. The van der Waals surface area contributed by atoms with Crippen molar-refractivity contribution in [3.63, 3.8) is 0 Å². The SMILES string of the molecule is COc1ccc(/C=C(\Cl)c2nc3scc(-c4ccccc4)c3c(=O)[nH]2)cc1OC. The number of ether oxygens (including phenoxy) is 2. The molecule has 2 aromatic carbocycles. The van der Waals surface area contributed by atoms with E-state index in [1.165, 1.54) is 11.3 Å². The first-order chi connectivity index (χ1) is 14.1. The number of aromatic nitrogens is 2. The zero-order valence-electron chi connectivity index (χ0n) is 15.7. The van der Waals surface area contributed by atoms with Gasteiger partial charge in [0.15, 0.2) is 17.3 Å². The van der Waals surface area contributed by atoms with E-state index in [1.807, 2.05) is 41.8 Å². The number of rotatable bonds is 5. The molecular formula is C22H17ClN2O3S. The maximum absolute atomic E-state index is 12.8. The van der Waals surface area contributed by atoms with Gasteiger partial charge in [0.05, 0.1) is 24.6 Å². The van der Waals surface area contributed by atoms with Crippen LogP contribution in [0.25, 0.3) is 32.5 Å². The molecule has 0 radical (unpaired) electrons. The van der Waals surface area contributed by atoms with Crippen molar-refractivity contribution in [3.05, 3.63) is 75.7 Å². The summed E-state index contributed by atoms with van der Waals surface area (Å²) in [6, 6.07) is 15.2. The number of hydrogen-bond donors (Lipinski definition) is 1. The van der Waals surface area contributed by atoms with Gasteiger partial charge in [0.2, 0.25) is 0 Å². The zero-order valence-corrected chi connectivity index (χ0v) is 17.3. The number of aromatic amines is 1. The fourth-order valence-corrected chi connectivity index (χ4v) is 4.21. The molecule has 0 unspecified atom stereocenters. The number of methoxy groups -OCH3 is 2. The predicted octanol–water partition coefficient (Wildman–Crippen LogP) is 5.41. The summed E-state index contributed by atoms with van der Waals surface area (Å²) in [5.74, 6) is 1.54. The molecule has 0 saturated heterocycles. The topological polar surface area (TPSA) is 64.2 Å². The summed E-state index contributed by atoms with van der Waals surface area (Å²) in [5, 5.41) is 2.84. The smallest absolute Gasteiger partial charge is 0.260 e. The van der Waals surface area contributed by atoms with Crippen LogP contribution in [-0.4, -0.2) is 24.2 Å². The van der Waals surface area contributed by atoms with Crippen molar-refractivity contribution in [2.45, 2.75) is 0 Å². The van der Waals surface area contributed by atoms with Crippen LogP contribution in [0, 0.1) is 0 Å². The highest BCUT2D eigenvalue weighted by Crippen LogP contribution is 2.32. The number of halogens is 1. The van der Waals surface area contributed by atoms with E-state index in [0.717, 1.165) is 16.7 Å². The molecule has 0 saturated carbocycles. The first kappa shape index (κ1) is 19.2. The van der Waals surface area contributed by atoms with Crippen LogP contribution < -0.4 is 15.0 Å². The van der Waals surface area contributed by atoms with Crippen LogP contribution >= 0.6 is 22.9 Å². The van der Waals surface area contributed by atoms with Crippen LogP contribution in [0.5, 0.6) is 11.5 Å². The Morgan fingerprint density at radius 3 is 2.59 bits per heavy atom. The van der Waals surface area contributed by atoms with Crippen molar-refractivity contribution in [1.82, 2.24) is 9.97 Å². The molecule has 7 heteroatoms. The Bertz CT molecular complexity index is 1260. The second-order valence-electron chi connectivity index (χ2n) is 6.22. The lowest BCUT2D eigenvalue weighted by Gasteiger charge is -2.08. The van der Waals surface area contributed by atoms with Gasteiger partial charge in [-0.05, 0) is 29.3 Å². The minimum absolute atomic E-state index is 0.219. The molecule has 2 heterocycles. The van der Waals surface area contributed by atoms with Gasteiger partial charge in [-0.3, -0.25) is 4.79 Å². The molecule has 0 aliphatic rings. The second kappa shape index (κ2) is 8.11. The molecular weight excluding hydrogens is 408 g/mol. The summed E-state index contributed by atoms with van der Waals surface area (Å²) in [5.41, 5.74) is 2.42. The van der Waals surface area contributed by atoms with Crippen LogP contribution in [0.4, 0.5) is 0 Å². The van der Waals surface area contributed by atoms with Crippen molar-refractivity contribution >= 4 is 44.3 Å². The van der Waals surface area contributed by atoms with Gasteiger partial charge < -0.3 is 14.5 Å². The zero-order chi connectivity index (χ0) is 20.4. The number of H-pyrrole nitrogens is 1. The van der Waals surface area contributed by atoms with Crippen LogP contribution in [0.2, 0.25) is 0 Å². The summed E-state index contributed by atoms with van der Waals surface area (Å²) in [7, 11) is 3.15. The van der Waals surface area contributed by atoms with Crippen molar-refractivity contribution in [2.75, 3.05) is 14.2 Å². The summed E-state index contributed by atoms with van der Waals surface area (Å²) < 4.78 is 10.6. The van der Waals surface area contributed by atoms with E-state index in [0.29, 0.717) is 32.6 Å². The largest absolute Gasteiger partial charge is 0.493 e. The Morgan fingerprint density at radius 2 is 1.86 bits per heavy atom. The highest BCUT2D eigenvalue weighted by atomic mass is 35.5. The standard InChI is InChI=1S/C22H17ClN2O3S/c1-27-17-9-8-13(11-18(17)28-2)10-16(23)20-24-21(26)19-15(12-29-22(19)25-20)14-6-4-3-5-7-14/h3-12H,1-2H3,(H,24,25,26)/b16-10-.